The van der Waals surface area contributed by atoms with E-state index in [4.69, 9.17) is 0 Å². The zero-order chi connectivity index (χ0) is 31.2. The van der Waals surface area contributed by atoms with Crippen LogP contribution in [0.1, 0.15) is 136 Å². The summed E-state index contributed by atoms with van der Waals surface area (Å²) in [5.74, 6) is -2.41. The highest BCUT2D eigenvalue weighted by Crippen LogP contribution is 2.48. The van der Waals surface area contributed by atoms with Crippen LogP contribution in [0.25, 0.3) is 0 Å². The van der Waals surface area contributed by atoms with Gasteiger partial charge in [0.1, 0.15) is 11.5 Å². The highest BCUT2D eigenvalue weighted by Gasteiger charge is 2.41. The molecule has 0 saturated heterocycles. The first-order valence-electron chi connectivity index (χ1n) is 14.0. The Balaban J connectivity index is 3.23. The van der Waals surface area contributed by atoms with Crippen LogP contribution >= 0.6 is 0 Å². The molecule has 0 bridgehead atoms. The summed E-state index contributed by atoms with van der Waals surface area (Å²) in [7, 11) is 0. The second kappa shape index (κ2) is 10.8. The van der Waals surface area contributed by atoms with Crippen molar-refractivity contribution in [2.75, 3.05) is 0 Å². The molecule has 0 aliphatic rings. The Morgan fingerprint density at radius 3 is 1.07 bits per heavy atom. The maximum atomic E-state index is 13.5. The van der Waals surface area contributed by atoms with Gasteiger partial charge >= 0.3 is 0 Å². The van der Waals surface area contributed by atoms with Crippen molar-refractivity contribution in [3.8, 4) is 11.5 Å². The Morgan fingerprint density at radius 2 is 0.875 bits per heavy atom. The van der Waals surface area contributed by atoms with Crippen molar-refractivity contribution in [2.45, 2.75) is 129 Å². The normalized spacial score (nSPS) is 13.4. The number of phenols is 2. The molecule has 0 unspecified atom stereocenters. The zero-order valence-electron chi connectivity index (χ0n) is 26.5. The number of aromatic hydroxyl groups is 2. The third-order valence-electron chi connectivity index (χ3n) is 7.72. The van der Waals surface area contributed by atoms with Crippen LogP contribution in [0.5, 0.6) is 11.5 Å². The third-order valence-corrected chi connectivity index (χ3v) is 7.72. The number of phenolic OH excluding ortho intramolecular Hbond substituents is 2. The van der Waals surface area contributed by atoms with Gasteiger partial charge in [-0.1, -0.05) is 107 Å². The van der Waals surface area contributed by atoms with Crippen LogP contribution in [-0.2, 0) is 36.7 Å². The summed E-state index contributed by atoms with van der Waals surface area (Å²) in [6, 6.07) is 6.89. The number of carbonyl (C=O) groups is 2. The van der Waals surface area contributed by atoms with E-state index in [1.165, 1.54) is 0 Å². The first kappa shape index (κ1) is 33.2. The van der Waals surface area contributed by atoms with Gasteiger partial charge in [0.25, 0.3) is 0 Å². The molecule has 0 spiro atoms. The molecule has 0 aliphatic heterocycles. The van der Waals surface area contributed by atoms with E-state index in [0.29, 0.717) is 33.4 Å². The third kappa shape index (κ3) is 6.64. The number of rotatable bonds is 7. The fraction of sp³-hybridized carbons (Fsp3) is 0.588. The molecule has 0 amide bonds. The van der Waals surface area contributed by atoms with Crippen molar-refractivity contribution in [3.05, 3.63) is 57.6 Å². The smallest absolute Gasteiger partial charge is 0.123 e. The van der Waals surface area contributed by atoms with Gasteiger partial charge in [0.15, 0.2) is 0 Å². The van der Waals surface area contributed by atoms with Gasteiger partial charge in [-0.05, 0) is 74.3 Å². The molecular formula is C34H48O6-2. The number of aliphatic carboxylic acids is 2. The summed E-state index contributed by atoms with van der Waals surface area (Å²) < 4.78 is 0. The summed E-state index contributed by atoms with van der Waals surface area (Å²) in [4.78, 5) is 24.9. The predicted octanol–water partition coefficient (Wildman–Crippen LogP) is 5.24. The molecule has 0 aromatic heterocycles. The van der Waals surface area contributed by atoms with Crippen molar-refractivity contribution < 1.29 is 30.0 Å². The lowest BCUT2D eigenvalue weighted by Crippen LogP contribution is -2.47. The second-order valence-electron chi connectivity index (χ2n) is 15.3. The van der Waals surface area contributed by atoms with Crippen molar-refractivity contribution in [3.63, 3.8) is 0 Å². The molecule has 2 aromatic carbocycles. The van der Waals surface area contributed by atoms with Gasteiger partial charge in [-0.3, -0.25) is 0 Å². The minimum atomic E-state index is -1.77. The summed E-state index contributed by atoms with van der Waals surface area (Å²) >= 11 is 0. The molecule has 0 aliphatic carbocycles. The molecule has 2 N–H and O–H groups in total. The van der Waals surface area contributed by atoms with E-state index in [-0.39, 0.29) is 30.8 Å². The Bertz CT molecular complexity index is 1120. The maximum Gasteiger partial charge on any atom is 0.123 e. The molecule has 6 heteroatoms. The van der Waals surface area contributed by atoms with Crippen LogP contribution < -0.4 is 10.2 Å². The molecule has 222 valence electrons. The summed E-state index contributed by atoms with van der Waals surface area (Å²) in [5.41, 5.74) is -0.689. The summed E-state index contributed by atoms with van der Waals surface area (Å²) in [6.07, 6.45) is -0.357. The number of carboxylic acids is 2. The minimum absolute atomic E-state index is 0.0312. The van der Waals surface area contributed by atoms with Gasteiger partial charge in [-0.25, -0.2) is 0 Å². The lowest BCUT2D eigenvalue weighted by atomic mass is 9.66. The standard InChI is InChI=1S/C34H50O6/c1-30(2,3)22-16-20(17-23(27(22)37)31(4,5)6)34(29(39)40,15-13-14-26(35)36)21-18-24(32(7,8)9)28(38)25(19-21)33(10,11)12/h16-19,37-38H,13-15H2,1-12H3,(H,35,36)(H,39,40)/p-2. The highest BCUT2D eigenvalue weighted by atomic mass is 16.4. The summed E-state index contributed by atoms with van der Waals surface area (Å²) in [6.45, 7) is 23.4. The highest BCUT2D eigenvalue weighted by molar-refractivity contribution is 5.85. The van der Waals surface area contributed by atoms with E-state index < -0.39 is 39.0 Å². The zero-order valence-corrected chi connectivity index (χ0v) is 26.5. The number of carbonyl (C=O) groups excluding carboxylic acids is 2. The molecule has 40 heavy (non-hydrogen) atoms. The van der Waals surface area contributed by atoms with E-state index in [9.17, 15) is 30.0 Å². The van der Waals surface area contributed by atoms with Gasteiger partial charge in [-0.15, -0.1) is 0 Å². The number of hydrogen-bond donors (Lipinski definition) is 2. The molecule has 2 rings (SSSR count). The van der Waals surface area contributed by atoms with Gasteiger partial charge < -0.3 is 30.0 Å². The van der Waals surface area contributed by atoms with E-state index >= 15 is 0 Å². The number of hydrogen-bond acceptors (Lipinski definition) is 6. The maximum absolute atomic E-state index is 13.5. The molecule has 0 atom stereocenters. The van der Waals surface area contributed by atoms with E-state index in [1.54, 1.807) is 24.3 Å². The Hall–Kier alpha value is -3.02. The van der Waals surface area contributed by atoms with Gasteiger partial charge in [0.2, 0.25) is 0 Å². The SMILES string of the molecule is CC(C)(C)c1cc(C(CCCC(=O)[O-])(C(=O)[O-])c2cc(C(C)(C)C)c(O)c(C(C)(C)C)c2)cc(C(C)(C)C)c1O. The second-order valence-corrected chi connectivity index (χ2v) is 15.3. The number of benzene rings is 2. The minimum Gasteiger partial charge on any atom is -0.550 e. The van der Waals surface area contributed by atoms with Crippen molar-refractivity contribution in [1.29, 1.82) is 0 Å². The molecule has 0 saturated carbocycles. The molecule has 2 aromatic rings. The van der Waals surface area contributed by atoms with Crippen LogP contribution in [-0.4, -0.2) is 22.2 Å². The average molecular weight is 553 g/mol. The molecule has 0 fully saturated rings. The Kier molecular flexibility index (Phi) is 8.92. The van der Waals surface area contributed by atoms with Crippen molar-refractivity contribution in [2.24, 2.45) is 0 Å². The first-order valence-corrected chi connectivity index (χ1v) is 14.0. The van der Waals surface area contributed by atoms with Crippen LogP contribution in [0, 0.1) is 0 Å². The number of carboxylic acid groups (broad SMARTS) is 2. The summed E-state index contributed by atoms with van der Waals surface area (Å²) in [5, 5.41) is 47.7. The van der Waals surface area contributed by atoms with Gasteiger partial charge in [-0.2, -0.15) is 0 Å². The monoisotopic (exact) mass is 552 g/mol. The lowest BCUT2D eigenvalue weighted by Gasteiger charge is -2.40. The van der Waals surface area contributed by atoms with E-state index in [1.807, 2.05) is 83.1 Å². The average Bonchev–Trinajstić information content (AvgIpc) is 2.73. The molecular weight excluding hydrogens is 504 g/mol. The van der Waals surface area contributed by atoms with Crippen molar-refractivity contribution in [1.82, 2.24) is 0 Å². The Morgan fingerprint density at radius 1 is 0.600 bits per heavy atom. The molecule has 6 nitrogen and oxygen atoms in total. The first-order chi connectivity index (χ1) is 17.8. The molecule has 0 heterocycles. The van der Waals surface area contributed by atoms with Crippen LogP contribution in [0.2, 0.25) is 0 Å². The van der Waals surface area contributed by atoms with Crippen molar-refractivity contribution >= 4 is 11.9 Å². The fourth-order valence-corrected chi connectivity index (χ4v) is 5.34. The van der Waals surface area contributed by atoms with E-state index in [2.05, 4.69) is 0 Å². The van der Waals surface area contributed by atoms with Crippen LogP contribution in [0.3, 0.4) is 0 Å². The van der Waals surface area contributed by atoms with Gasteiger partial charge in [0, 0.05) is 5.97 Å². The topological polar surface area (TPSA) is 121 Å². The predicted molar refractivity (Wildman–Crippen MR) is 156 cm³/mol. The van der Waals surface area contributed by atoms with E-state index in [0.717, 1.165) is 0 Å². The lowest BCUT2D eigenvalue weighted by molar-refractivity contribution is -0.313. The van der Waals surface area contributed by atoms with Crippen LogP contribution in [0.4, 0.5) is 0 Å². The van der Waals surface area contributed by atoms with Gasteiger partial charge in [0.05, 0.1) is 11.4 Å². The van der Waals surface area contributed by atoms with Crippen LogP contribution in [0.15, 0.2) is 24.3 Å². The largest absolute Gasteiger partial charge is 0.550 e. The molecule has 0 radical (unpaired) electrons. The Labute approximate surface area is 240 Å². The fourth-order valence-electron chi connectivity index (χ4n) is 5.34. The quantitative estimate of drug-likeness (QED) is 0.484.